The first-order chi connectivity index (χ1) is 5.57. The van der Waals surface area contributed by atoms with Crippen LogP contribution in [0.15, 0.2) is 0 Å². The first kappa shape index (κ1) is 13.4. The highest BCUT2D eigenvalue weighted by molar-refractivity contribution is 8.00. The lowest BCUT2D eigenvalue weighted by atomic mass is 10.0. The minimum Gasteiger partial charge on any atom is -0.395 e. The maximum absolute atomic E-state index is 9.30. The lowest BCUT2D eigenvalue weighted by Gasteiger charge is -2.37. The van der Waals surface area contributed by atoms with E-state index >= 15 is 0 Å². The van der Waals surface area contributed by atoms with E-state index in [-0.39, 0.29) is 19.0 Å². The van der Waals surface area contributed by atoms with Crippen LogP contribution in [0.25, 0.3) is 0 Å². The minimum atomic E-state index is -1.17. The molecule has 0 bridgehead atoms. The van der Waals surface area contributed by atoms with Crippen LogP contribution in [0.4, 0.5) is 0 Å². The Morgan fingerprint density at radius 3 is 2.15 bits per heavy atom. The predicted octanol–water partition coefficient (Wildman–Crippen LogP) is -2.12. The molecule has 0 aromatic rings. The molecule has 7 heteroatoms. The van der Waals surface area contributed by atoms with Gasteiger partial charge in [0.25, 0.3) is 0 Å². The summed E-state index contributed by atoms with van der Waals surface area (Å²) in [6.45, 7) is -0.285. The second-order valence-corrected chi connectivity index (χ2v) is 4.17. The highest BCUT2D eigenvalue weighted by Crippen LogP contribution is 2.29. The van der Waals surface area contributed by atoms with Gasteiger partial charge in [-0.2, -0.15) is 0 Å². The molecule has 0 amide bonds. The SMILES string of the molecule is Cl.N[C@@H]1C(O)S[C@H](CO)[C@@H](O)[C@@H]1O. The number of rotatable bonds is 1. The molecule has 0 saturated carbocycles. The van der Waals surface area contributed by atoms with Crippen LogP contribution in [-0.4, -0.2) is 56.0 Å². The molecule has 1 aliphatic heterocycles. The van der Waals surface area contributed by atoms with Crippen LogP contribution in [0.2, 0.25) is 0 Å². The number of halogens is 1. The van der Waals surface area contributed by atoms with Crippen molar-refractivity contribution in [1.29, 1.82) is 0 Å². The summed E-state index contributed by atoms with van der Waals surface area (Å²) in [4.78, 5) is 0. The third-order valence-electron chi connectivity index (χ3n) is 1.95. The molecule has 80 valence electrons. The topological polar surface area (TPSA) is 107 Å². The van der Waals surface area contributed by atoms with E-state index in [0.29, 0.717) is 0 Å². The molecule has 1 rings (SSSR count). The number of nitrogens with two attached hydrogens (primary N) is 1. The highest BCUT2D eigenvalue weighted by Gasteiger charge is 2.41. The van der Waals surface area contributed by atoms with Crippen molar-refractivity contribution in [3.63, 3.8) is 0 Å². The van der Waals surface area contributed by atoms with Gasteiger partial charge in [0.2, 0.25) is 0 Å². The van der Waals surface area contributed by atoms with Crippen molar-refractivity contribution in [2.75, 3.05) is 6.61 Å². The predicted molar refractivity (Wildman–Crippen MR) is 51.7 cm³/mol. The Bertz CT molecular complexity index is 159. The largest absolute Gasteiger partial charge is 0.395 e. The van der Waals surface area contributed by atoms with Gasteiger partial charge in [-0.05, 0) is 0 Å². The Kier molecular flexibility index (Phi) is 5.53. The first-order valence-corrected chi connectivity index (χ1v) is 4.58. The van der Waals surface area contributed by atoms with E-state index in [1.165, 1.54) is 0 Å². The summed E-state index contributed by atoms with van der Waals surface area (Å²) >= 11 is 0.977. The van der Waals surface area contributed by atoms with Gasteiger partial charge in [-0.15, -0.1) is 24.2 Å². The average Bonchev–Trinajstić information content (AvgIpc) is 2.08. The first-order valence-electron chi connectivity index (χ1n) is 3.64. The number of aliphatic hydroxyl groups is 4. The molecule has 5 nitrogen and oxygen atoms in total. The van der Waals surface area contributed by atoms with Gasteiger partial charge in [-0.25, -0.2) is 0 Å². The van der Waals surface area contributed by atoms with Gasteiger partial charge in [0.05, 0.1) is 30.1 Å². The molecule has 0 aromatic carbocycles. The van der Waals surface area contributed by atoms with Gasteiger partial charge < -0.3 is 26.2 Å². The zero-order valence-corrected chi connectivity index (χ0v) is 8.41. The summed E-state index contributed by atoms with van der Waals surface area (Å²) in [6, 6.07) is -0.854. The summed E-state index contributed by atoms with van der Waals surface area (Å²) < 4.78 is 0. The second-order valence-electron chi connectivity index (χ2n) is 2.81. The van der Waals surface area contributed by atoms with Crippen molar-refractivity contribution in [1.82, 2.24) is 0 Å². The third kappa shape index (κ3) is 2.69. The molecule has 0 aromatic heterocycles. The van der Waals surface area contributed by atoms with Crippen LogP contribution >= 0.6 is 24.2 Å². The van der Waals surface area contributed by atoms with E-state index in [4.69, 9.17) is 10.8 Å². The second kappa shape index (κ2) is 5.35. The number of aliphatic hydroxyl groups excluding tert-OH is 4. The Morgan fingerprint density at radius 2 is 1.69 bits per heavy atom. The maximum atomic E-state index is 9.30. The fraction of sp³-hybridized carbons (Fsp3) is 1.00. The molecule has 6 N–H and O–H groups in total. The standard InChI is InChI=1S/C6H13NO4S.ClH/c7-3-5(10)4(9)2(1-8)12-6(3)11;/h2-6,8-11H,1,7H2;1H/t2-,3+,4-,5-,6?;/m1./s1. The molecule has 0 spiro atoms. The van der Waals surface area contributed by atoms with Crippen LogP contribution in [0.5, 0.6) is 0 Å². The van der Waals surface area contributed by atoms with E-state index < -0.39 is 28.9 Å². The van der Waals surface area contributed by atoms with E-state index in [1.807, 2.05) is 0 Å². The quantitative estimate of drug-likeness (QED) is 0.354. The van der Waals surface area contributed by atoms with Gasteiger partial charge >= 0.3 is 0 Å². The van der Waals surface area contributed by atoms with Crippen LogP contribution in [0.1, 0.15) is 0 Å². The Labute approximate surface area is 86.4 Å². The highest BCUT2D eigenvalue weighted by atomic mass is 35.5. The molecule has 13 heavy (non-hydrogen) atoms. The molecular formula is C6H14ClNO4S. The monoisotopic (exact) mass is 231 g/mol. The van der Waals surface area contributed by atoms with Crippen molar-refractivity contribution in [2.45, 2.75) is 28.9 Å². The summed E-state index contributed by atoms with van der Waals surface area (Å²) in [5.74, 6) is 0. The molecule has 1 saturated heterocycles. The minimum absolute atomic E-state index is 0. The van der Waals surface area contributed by atoms with Crippen LogP contribution < -0.4 is 5.73 Å². The van der Waals surface area contributed by atoms with Crippen LogP contribution in [-0.2, 0) is 0 Å². The molecule has 0 radical (unpaired) electrons. The van der Waals surface area contributed by atoms with Crippen molar-refractivity contribution >= 4 is 24.2 Å². The Morgan fingerprint density at radius 1 is 1.15 bits per heavy atom. The van der Waals surface area contributed by atoms with E-state index in [9.17, 15) is 15.3 Å². The molecule has 5 atom stereocenters. The normalized spacial score (nSPS) is 45.5. The third-order valence-corrected chi connectivity index (χ3v) is 3.32. The number of hydrogen-bond donors (Lipinski definition) is 5. The molecule has 0 aliphatic carbocycles. The fourth-order valence-electron chi connectivity index (χ4n) is 1.12. The summed E-state index contributed by atoms with van der Waals surface area (Å²) in [5, 5.41) is 36.0. The average molecular weight is 232 g/mol. The lowest BCUT2D eigenvalue weighted by molar-refractivity contribution is -0.0279. The van der Waals surface area contributed by atoms with E-state index in [2.05, 4.69) is 0 Å². The molecule has 1 unspecified atom stereocenters. The Hall–Kier alpha value is 0.440. The number of thioether (sulfide) groups is 1. The van der Waals surface area contributed by atoms with Crippen molar-refractivity contribution < 1.29 is 20.4 Å². The molecule has 1 fully saturated rings. The summed E-state index contributed by atoms with van der Waals surface area (Å²) in [6.07, 6.45) is -2.24. The molecule has 1 heterocycles. The van der Waals surface area contributed by atoms with Crippen molar-refractivity contribution in [3.05, 3.63) is 0 Å². The van der Waals surface area contributed by atoms with Gasteiger partial charge in [-0.1, -0.05) is 0 Å². The van der Waals surface area contributed by atoms with Crippen molar-refractivity contribution in [3.8, 4) is 0 Å². The maximum Gasteiger partial charge on any atom is 0.117 e. The van der Waals surface area contributed by atoms with Crippen LogP contribution in [0, 0.1) is 0 Å². The summed E-state index contributed by atoms with van der Waals surface area (Å²) in [5.41, 5.74) is 4.44. The van der Waals surface area contributed by atoms with Gasteiger partial charge in [0, 0.05) is 0 Å². The lowest BCUT2D eigenvalue weighted by Crippen LogP contribution is -2.57. The Balaban J connectivity index is 0.00000144. The van der Waals surface area contributed by atoms with E-state index in [0.717, 1.165) is 11.8 Å². The smallest absolute Gasteiger partial charge is 0.117 e. The van der Waals surface area contributed by atoms with E-state index in [1.54, 1.807) is 0 Å². The fourth-order valence-corrected chi connectivity index (χ4v) is 2.23. The summed E-state index contributed by atoms with van der Waals surface area (Å²) in [7, 11) is 0. The zero-order valence-electron chi connectivity index (χ0n) is 6.78. The number of hydrogen-bond acceptors (Lipinski definition) is 6. The molecule has 1 aliphatic rings. The van der Waals surface area contributed by atoms with Gasteiger partial charge in [0.15, 0.2) is 0 Å². The molecular weight excluding hydrogens is 218 g/mol. The zero-order chi connectivity index (χ0) is 9.30. The van der Waals surface area contributed by atoms with Crippen LogP contribution in [0.3, 0.4) is 0 Å². The van der Waals surface area contributed by atoms with Gasteiger partial charge in [-0.3, -0.25) is 0 Å². The van der Waals surface area contributed by atoms with Crippen molar-refractivity contribution in [2.24, 2.45) is 5.73 Å². The van der Waals surface area contributed by atoms with Gasteiger partial charge in [0.1, 0.15) is 5.44 Å².